The summed E-state index contributed by atoms with van der Waals surface area (Å²) in [4.78, 5) is 0. The predicted octanol–water partition coefficient (Wildman–Crippen LogP) is 6.73. The molecular weight excluding hydrogens is 216 g/mol. The molecule has 0 aromatic rings. The molecular formula is C18H36. The SMILES string of the molecule is CCCCCCCCCCC1CC1CCCCC. The first kappa shape index (κ1) is 16.1. The van der Waals surface area contributed by atoms with Crippen LogP contribution in [0.5, 0.6) is 0 Å². The van der Waals surface area contributed by atoms with Crippen LogP contribution in [-0.2, 0) is 0 Å². The quantitative estimate of drug-likeness (QED) is 0.319. The summed E-state index contributed by atoms with van der Waals surface area (Å²) >= 11 is 0. The molecule has 0 heterocycles. The van der Waals surface area contributed by atoms with E-state index >= 15 is 0 Å². The van der Waals surface area contributed by atoms with Crippen molar-refractivity contribution in [2.24, 2.45) is 11.8 Å². The van der Waals surface area contributed by atoms with Gasteiger partial charge in [0.05, 0.1) is 0 Å². The van der Waals surface area contributed by atoms with E-state index in [4.69, 9.17) is 0 Å². The largest absolute Gasteiger partial charge is 0.0654 e. The Morgan fingerprint density at radius 2 is 0.944 bits per heavy atom. The molecule has 1 aliphatic rings. The zero-order valence-electron chi connectivity index (χ0n) is 13.1. The fourth-order valence-corrected chi connectivity index (χ4v) is 3.21. The second-order valence-corrected chi connectivity index (χ2v) is 6.52. The minimum Gasteiger partial charge on any atom is -0.0654 e. The van der Waals surface area contributed by atoms with Crippen LogP contribution in [0.15, 0.2) is 0 Å². The second kappa shape index (κ2) is 10.9. The molecule has 0 amide bonds. The minimum atomic E-state index is 1.14. The molecule has 1 aliphatic carbocycles. The van der Waals surface area contributed by atoms with Crippen molar-refractivity contribution in [3.63, 3.8) is 0 Å². The maximum absolute atomic E-state index is 2.31. The molecule has 0 bridgehead atoms. The van der Waals surface area contributed by atoms with Crippen LogP contribution < -0.4 is 0 Å². The Bertz CT molecular complexity index is 173. The van der Waals surface area contributed by atoms with Crippen molar-refractivity contribution < 1.29 is 0 Å². The molecule has 0 aromatic carbocycles. The lowest BCUT2D eigenvalue weighted by molar-refractivity contribution is 0.519. The third kappa shape index (κ3) is 8.16. The average Bonchev–Trinajstić information content (AvgIpc) is 3.12. The highest BCUT2D eigenvalue weighted by molar-refractivity contribution is 4.85. The number of unbranched alkanes of at least 4 members (excludes halogenated alkanes) is 9. The lowest BCUT2D eigenvalue weighted by Gasteiger charge is -2.02. The van der Waals surface area contributed by atoms with Gasteiger partial charge in [0.1, 0.15) is 0 Å². The summed E-state index contributed by atoms with van der Waals surface area (Å²) in [5.41, 5.74) is 0. The summed E-state index contributed by atoms with van der Waals surface area (Å²) in [6, 6.07) is 0. The van der Waals surface area contributed by atoms with Gasteiger partial charge in [-0.1, -0.05) is 97.3 Å². The first-order valence-corrected chi connectivity index (χ1v) is 8.88. The predicted molar refractivity (Wildman–Crippen MR) is 83.0 cm³/mol. The molecule has 2 unspecified atom stereocenters. The maximum Gasteiger partial charge on any atom is -0.0383 e. The molecule has 2 atom stereocenters. The van der Waals surface area contributed by atoms with E-state index < -0.39 is 0 Å². The second-order valence-electron chi connectivity index (χ2n) is 6.52. The Labute approximate surface area is 116 Å². The van der Waals surface area contributed by atoms with Gasteiger partial charge in [0.25, 0.3) is 0 Å². The van der Waals surface area contributed by atoms with Gasteiger partial charge in [-0.2, -0.15) is 0 Å². The zero-order valence-corrected chi connectivity index (χ0v) is 13.1. The third-order valence-corrected chi connectivity index (χ3v) is 4.68. The maximum atomic E-state index is 2.31. The fourth-order valence-electron chi connectivity index (χ4n) is 3.21. The van der Waals surface area contributed by atoms with E-state index in [-0.39, 0.29) is 0 Å². The smallest absolute Gasteiger partial charge is 0.0383 e. The molecule has 108 valence electrons. The van der Waals surface area contributed by atoms with Crippen LogP contribution in [0.3, 0.4) is 0 Å². The molecule has 0 nitrogen and oxygen atoms in total. The van der Waals surface area contributed by atoms with E-state index in [0.29, 0.717) is 0 Å². The van der Waals surface area contributed by atoms with Crippen molar-refractivity contribution >= 4 is 0 Å². The van der Waals surface area contributed by atoms with Crippen molar-refractivity contribution in [3.05, 3.63) is 0 Å². The average molecular weight is 252 g/mol. The van der Waals surface area contributed by atoms with Gasteiger partial charge in [0.2, 0.25) is 0 Å². The van der Waals surface area contributed by atoms with E-state index in [1.807, 2.05) is 0 Å². The molecule has 1 rings (SSSR count). The molecule has 1 fully saturated rings. The number of rotatable bonds is 13. The van der Waals surface area contributed by atoms with Gasteiger partial charge in [-0.05, 0) is 18.3 Å². The van der Waals surface area contributed by atoms with E-state index in [1.165, 1.54) is 77.0 Å². The molecule has 0 heteroatoms. The first-order valence-electron chi connectivity index (χ1n) is 8.88. The Morgan fingerprint density at radius 1 is 0.556 bits per heavy atom. The molecule has 0 aliphatic heterocycles. The monoisotopic (exact) mass is 252 g/mol. The minimum absolute atomic E-state index is 1.14. The summed E-state index contributed by atoms with van der Waals surface area (Å²) in [5.74, 6) is 2.28. The summed E-state index contributed by atoms with van der Waals surface area (Å²) < 4.78 is 0. The van der Waals surface area contributed by atoms with Gasteiger partial charge < -0.3 is 0 Å². The molecule has 1 saturated carbocycles. The number of hydrogen-bond donors (Lipinski definition) is 0. The highest BCUT2D eigenvalue weighted by Gasteiger charge is 2.34. The molecule has 0 saturated heterocycles. The molecule has 0 radical (unpaired) electrons. The number of hydrogen-bond acceptors (Lipinski definition) is 0. The topological polar surface area (TPSA) is 0 Å². The molecule has 0 spiro atoms. The van der Waals surface area contributed by atoms with Gasteiger partial charge in [0.15, 0.2) is 0 Å². The van der Waals surface area contributed by atoms with Crippen molar-refractivity contribution in [1.82, 2.24) is 0 Å². The van der Waals surface area contributed by atoms with Gasteiger partial charge in [-0.25, -0.2) is 0 Å². The van der Waals surface area contributed by atoms with Crippen LogP contribution in [0.4, 0.5) is 0 Å². The van der Waals surface area contributed by atoms with Gasteiger partial charge in [-0.3, -0.25) is 0 Å². The van der Waals surface area contributed by atoms with Crippen molar-refractivity contribution in [3.8, 4) is 0 Å². The highest BCUT2D eigenvalue weighted by atomic mass is 14.4. The van der Waals surface area contributed by atoms with E-state index in [2.05, 4.69) is 13.8 Å². The molecule has 18 heavy (non-hydrogen) atoms. The van der Waals surface area contributed by atoms with Crippen LogP contribution in [0.2, 0.25) is 0 Å². The normalized spacial score (nSPS) is 22.3. The van der Waals surface area contributed by atoms with Crippen molar-refractivity contribution in [2.45, 2.75) is 104 Å². The van der Waals surface area contributed by atoms with Crippen LogP contribution >= 0.6 is 0 Å². The Morgan fingerprint density at radius 3 is 1.50 bits per heavy atom. The Hall–Kier alpha value is 0. The van der Waals surface area contributed by atoms with Gasteiger partial charge >= 0.3 is 0 Å². The lowest BCUT2D eigenvalue weighted by Crippen LogP contribution is -1.86. The van der Waals surface area contributed by atoms with E-state index in [9.17, 15) is 0 Å². The standard InChI is InChI=1S/C18H36/c1-3-5-7-8-9-10-11-13-15-18-16-17(18)14-12-6-4-2/h17-18H,3-16H2,1-2H3. The van der Waals surface area contributed by atoms with Crippen LogP contribution in [0.1, 0.15) is 104 Å². The van der Waals surface area contributed by atoms with E-state index in [0.717, 1.165) is 11.8 Å². The summed E-state index contributed by atoms with van der Waals surface area (Å²) in [5, 5.41) is 0. The van der Waals surface area contributed by atoms with Crippen LogP contribution in [0.25, 0.3) is 0 Å². The van der Waals surface area contributed by atoms with Crippen LogP contribution in [0, 0.1) is 11.8 Å². The third-order valence-electron chi connectivity index (χ3n) is 4.68. The first-order chi connectivity index (χ1) is 8.88. The fraction of sp³-hybridized carbons (Fsp3) is 1.00. The molecule has 0 aromatic heterocycles. The van der Waals surface area contributed by atoms with Crippen LogP contribution in [-0.4, -0.2) is 0 Å². The zero-order chi connectivity index (χ0) is 13.1. The Balaban J connectivity index is 1.74. The van der Waals surface area contributed by atoms with Gasteiger partial charge in [-0.15, -0.1) is 0 Å². The van der Waals surface area contributed by atoms with Crippen molar-refractivity contribution in [1.29, 1.82) is 0 Å². The summed E-state index contributed by atoms with van der Waals surface area (Å²) in [6.07, 6.45) is 20.8. The van der Waals surface area contributed by atoms with Gasteiger partial charge in [0, 0.05) is 0 Å². The highest BCUT2D eigenvalue weighted by Crippen LogP contribution is 2.45. The van der Waals surface area contributed by atoms with Crippen molar-refractivity contribution in [2.75, 3.05) is 0 Å². The summed E-state index contributed by atoms with van der Waals surface area (Å²) in [6.45, 7) is 4.61. The summed E-state index contributed by atoms with van der Waals surface area (Å²) in [7, 11) is 0. The van der Waals surface area contributed by atoms with E-state index in [1.54, 1.807) is 12.8 Å². The molecule has 0 N–H and O–H groups in total. The Kier molecular flexibility index (Phi) is 9.70. The lowest BCUT2D eigenvalue weighted by atomic mass is 10.0.